The molecule has 3 rings (SSSR count). The van der Waals surface area contributed by atoms with Gasteiger partial charge in [0, 0.05) is 6.54 Å². The quantitative estimate of drug-likeness (QED) is 0.720. The highest BCUT2D eigenvalue weighted by molar-refractivity contribution is 7.18. The standard InChI is InChI=1S/C19H21N3OS/c1-14-7-3-4-8-15(14)11-20-18(23)12-22(2)13-19-21-16-9-5-6-10-17(16)24-19/h3-10H,11-13H2,1-2H3,(H,20,23)/p+1. The maximum Gasteiger partial charge on any atom is 0.275 e. The van der Waals surface area contributed by atoms with Crippen LogP contribution in [0.4, 0.5) is 0 Å². The summed E-state index contributed by atoms with van der Waals surface area (Å²) in [5.74, 6) is 0.0665. The molecule has 4 nitrogen and oxygen atoms in total. The van der Waals surface area contributed by atoms with E-state index < -0.39 is 0 Å². The lowest BCUT2D eigenvalue weighted by atomic mass is 10.1. The monoisotopic (exact) mass is 340 g/mol. The van der Waals surface area contributed by atoms with Gasteiger partial charge in [-0.2, -0.15) is 0 Å². The Morgan fingerprint density at radius 3 is 2.71 bits per heavy atom. The van der Waals surface area contributed by atoms with Crippen LogP contribution in [0.1, 0.15) is 16.1 Å². The highest BCUT2D eigenvalue weighted by Gasteiger charge is 2.13. The summed E-state index contributed by atoms with van der Waals surface area (Å²) in [4.78, 5) is 17.9. The topological polar surface area (TPSA) is 46.4 Å². The summed E-state index contributed by atoms with van der Waals surface area (Å²) in [6.07, 6.45) is 0. The number of aromatic nitrogens is 1. The zero-order valence-electron chi connectivity index (χ0n) is 14.0. The second-order valence-electron chi connectivity index (χ2n) is 6.09. The number of carbonyl (C=O) groups is 1. The number of quaternary nitrogens is 1. The van der Waals surface area contributed by atoms with Crippen molar-refractivity contribution < 1.29 is 9.69 Å². The van der Waals surface area contributed by atoms with Gasteiger partial charge in [-0.1, -0.05) is 36.4 Å². The maximum atomic E-state index is 12.2. The van der Waals surface area contributed by atoms with E-state index >= 15 is 0 Å². The molecule has 1 heterocycles. The zero-order valence-corrected chi connectivity index (χ0v) is 14.8. The van der Waals surface area contributed by atoms with E-state index in [1.807, 2.05) is 43.4 Å². The second-order valence-corrected chi connectivity index (χ2v) is 7.20. The van der Waals surface area contributed by atoms with Crippen LogP contribution in [0, 0.1) is 6.92 Å². The average molecular weight is 340 g/mol. The Bertz CT molecular complexity index is 810. The largest absolute Gasteiger partial charge is 0.347 e. The van der Waals surface area contributed by atoms with E-state index in [1.165, 1.54) is 10.3 Å². The maximum absolute atomic E-state index is 12.2. The second kappa shape index (κ2) is 7.55. The van der Waals surface area contributed by atoms with Gasteiger partial charge in [-0.05, 0) is 30.2 Å². The first-order valence-electron chi connectivity index (χ1n) is 8.09. The van der Waals surface area contributed by atoms with Gasteiger partial charge in [0.2, 0.25) is 0 Å². The van der Waals surface area contributed by atoms with Gasteiger partial charge in [0.05, 0.1) is 17.3 Å². The molecule has 0 aliphatic carbocycles. The van der Waals surface area contributed by atoms with Crippen LogP contribution in [-0.4, -0.2) is 24.5 Å². The van der Waals surface area contributed by atoms with Gasteiger partial charge in [0.25, 0.3) is 5.91 Å². The number of para-hydroxylation sites is 1. The Balaban J connectivity index is 1.51. The van der Waals surface area contributed by atoms with E-state index in [0.717, 1.165) is 27.5 Å². The van der Waals surface area contributed by atoms with E-state index in [0.29, 0.717) is 13.1 Å². The summed E-state index contributed by atoms with van der Waals surface area (Å²) in [5.41, 5.74) is 3.40. The lowest BCUT2D eigenvalue weighted by Crippen LogP contribution is -3.08. The predicted molar refractivity (Wildman–Crippen MR) is 98.1 cm³/mol. The first-order valence-corrected chi connectivity index (χ1v) is 8.90. The van der Waals surface area contributed by atoms with Crippen LogP contribution in [0.3, 0.4) is 0 Å². The number of nitrogens with zero attached hydrogens (tertiary/aromatic N) is 1. The first kappa shape index (κ1) is 16.6. The van der Waals surface area contributed by atoms with Crippen molar-refractivity contribution in [2.45, 2.75) is 20.0 Å². The fraction of sp³-hybridized carbons (Fsp3) is 0.263. The molecule has 1 amide bonds. The fourth-order valence-corrected chi connectivity index (χ4v) is 3.74. The lowest BCUT2D eigenvalue weighted by Gasteiger charge is -2.13. The number of hydrogen-bond donors (Lipinski definition) is 2. The minimum absolute atomic E-state index is 0.0665. The van der Waals surface area contributed by atoms with E-state index in [1.54, 1.807) is 11.3 Å². The van der Waals surface area contributed by atoms with Crippen LogP contribution in [0.5, 0.6) is 0 Å². The van der Waals surface area contributed by atoms with E-state index in [2.05, 4.69) is 29.4 Å². The number of hydrogen-bond acceptors (Lipinski definition) is 3. The van der Waals surface area contributed by atoms with Crippen molar-refractivity contribution in [3.05, 3.63) is 64.7 Å². The minimum Gasteiger partial charge on any atom is -0.347 e. The molecule has 0 aliphatic heterocycles. The number of fused-ring (bicyclic) bond motifs is 1. The van der Waals surface area contributed by atoms with Crippen LogP contribution in [0.2, 0.25) is 0 Å². The molecule has 1 unspecified atom stereocenters. The molecule has 2 N–H and O–H groups in total. The Kier molecular flexibility index (Phi) is 5.23. The zero-order chi connectivity index (χ0) is 16.9. The van der Waals surface area contributed by atoms with Gasteiger partial charge < -0.3 is 10.2 Å². The van der Waals surface area contributed by atoms with Crippen molar-refractivity contribution in [2.24, 2.45) is 0 Å². The average Bonchev–Trinajstić information content (AvgIpc) is 2.96. The number of thiazole rings is 1. The normalized spacial score (nSPS) is 12.2. The molecule has 0 saturated carbocycles. The third kappa shape index (κ3) is 4.19. The van der Waals surface area contributed by atoms with Gasteiger partial charge in [0.1, 0.15) is 11.6 Å². The third-order valence-corrected chi connectivity index (χ3v) is 5.03. The van der Waals surface area contributed by atoms with Crippen molar-refractivity contribution in [3.8, 4) is 0 Å². The SMILES string of the molecule is Cc1ccccc1CNC(=O)C[NH+](C)Cc1nc2ccccc2s1. The smallest absolute Gasteiger partial charge is 0.275 e. The predicted octanol–water partition coefficient (Wildman–Crippen LogP) is 1.94. The summed E-state index contributed by atoms with van der Waals surface area (Å²) < 4.78 is 1.20. The molecule has 3 aromatic rings. The van der Waals surface area contributed by atoms with Crippen molar-refractivity contribution in [3.63, 3.8) is 0 Å². The van der Waals surface area contributed by atoms with Crippen molar-refractivity contribution in [2.75, 3.05) is 13.6 Å². The number of rotatable bonds is 6. The number of carbonyl (C=O) groups excluding carboxylic acids is 1. The first-order chi connectivity index (χ1) is 11.6. The van der Waals surface area contributed by atoms with Crippen LogP contribution in [-0.2, 0) is 17.9 Å². The van der Waals surface area contributed by atoms with Gasteiger partial charge >= 0.3 is 0 Å². The fourth-order valence-electron chi connectivity index (χ4n) is 2.66. The molecule has 0 aliphatic rings. The van der Waals surface area contributed by atoms with Gasteiger partial charge in [-0.15, -0.1) is 11.3 Å². The van der Waals surface area contributed by atoms with Crippen LogP contribution >= 0.6 is 11.3 Å². The van der Waals surface area contributed by atoms with Gasteiger partial charge in [-0.3, -0.25) is 4.79 Å². The molecule has 0 saturated heterocycles. The highest BCUT2D eigenvalue weighted by Crippen LogP contribution is 2.20. The molecule has 0 spiro atoms. The number of amides is 1. The Hall–Kier alpha value is -2.24. The van der Waals surface area contributed by atoms with Crippen molar-refractivity contribution in [1.82, 2.24) is 10.3 Å². The number of nitrogens with one attached hydrogen (secondary N) is 2. The molecule has 2 aromatic carbocycles. The number of likely N-dealkylation sites (N-methyl/N-ethyl adjacent to an activating group) is 1. The summed E-state index contributed by atoms with van der Waals surface area (Å²) in [5, 5.41) is 4.08. The molecule has 0 fully saturated rings. The summed E-state index contributed by atoms with van der Waals surface area (Å²) in [7, 11) is 2.03. The molecule has 0 bridgehead atoms. The van der Waals surface area contributed by atoms with Crippen LogP contribution in [0.15, 0.2) is 48.5 Å². The molecular formula is C19H22N3OS+. The molecule has 1 aromatic heterocycles. The molecule has 24 heavy (non-hydrogen) atoms. The molecule has 1 atom stereocenters. The Morgan fingerprint density at radius 1 is 1.17 bits per heavy atom. The molecule has 124 valence electrons. The Morgan fingerprint density at radius 2 is 1.92 bits per heavy atom. The van der Waals surface area contributed by atoms with Crippen LogP contribution in [0.25, 0.3) is 10.2 Å². The van der Waals surface area contributed by atoms with Gasteiger partial charge in [-0.25, -0.2) is 4.98 Å². The Labute approximate surface area is 146 Å². The highest BCUT2D eigenvalue weighted by atomic mass is 32.1. The number of benzene rings is 2. The van der Waals surface area contributed by atoms with E-state index in [4.69, 9.17) is 0 Å². The molecule has 0 radical (unpaired) electrons. The van der Waals surface area contributed by atoms with E-state index in [9.17, 15) is 4.79 Å². The lowest BCUT2D eigenvalue weighted by molar-refractivity contribution is -0.885. The van der Waals surface area contributed by atoms with Crippen LogP contribution < -0.4 is 10.2 Å². The minimum atomic E-state index is 0.0665. The number of aryl methyl sites for hydroxylation is 1. The third-order valence-electron chi connectivity index (χ3n) is 3.99. The van der Waals surface area contributed by atoms with Crippen molar-refractivity contribution >= 4 is 27.5 Å². The molecule has 5 heteroatoms. The summed E-state index contributed by atoms with van der Waals surface area (Å²) in [6.45, 7) is 3.85. The van der Waals surface area contributed by atoms with Gasteiger partial charge in [0.15, 0.2) is 6.54 Å². The molecular weight excluding hydrogens is 318 g/mol. The van der Waals surface area contributed by atoms with Crippen molar-refractivity contribution in [1.29, 1.82) is 0 Å². The van der Waals surface area contributed by atoms with E-state index in [-0.39, 0.29) is 5.91 Å². The summed E-state index contributed by atoms with van der Waals surface area (Å²) >= 11 is 1.70. The summed E-state index contributed by atoms with van der Waals surface area (Å²) in [6, 6.07) is 16.3.